The second-order valence-corrected chi connectivity index (χ2v) is 4.33. The monoisotopic (exact) mass is 286 g/mol. The van der Waals surface area contributed by atoms with Crippen LogP contribution in [0.15, 0.2) is 22.9 Å². The lowest BCUT2D eigenvalue weighted by Crippen LogP contribution is -2.32. The third-order valence-corrected chi connectivity index (χ3v) is 2.54. The molecule has 0 bridgehead atoms. The molecule has 0 aliphatic carbocycles. The van der Waals surface area contributed by atoms with Gasteiger partial charge in [-0.05, 0) is 34.5 Å². The van der Waals surface area contributed by atoms with Gasteiger partial charge in [0, 0.05) is 18.3 Å². The summed E-state index contributed by atoms with van der Waals surface area (Å²) in [5, 5.41) is 12.1. The number of carbonyl (C=O) groups is 1. The number of hydrogen-bond acceptors (Lipinski definition) is 3. The largest absolute Gasteiger partial charge is 0.391 e. The smallest absolute Gasteiger partial charge is 0.251 e. The van der Waals surface area contributed by atoms with E-state index in [-0.39, 0.29) is 12.5 Å². The first-order valence-corrected chi connectivity index (χ1v) is 6.00. The van der Waals surface area contributed by atoms with Crippen LogP contribution in [0.5, 0.6) is 0 Å². The van der Waals surface area contributed by atoms with Crippen LogP contribution in [0.25, 0.3) is 0 Å². The highest BCUT2D eigenvalue weighted by Crippen LogP contribution is 2.07. The van der Waals surface area contributed by atoms with Gasteiger partial charge in [-0.3, -0.25) is 4.79 Å². The zero-order valence-electron chi connectivity index (χ0n) is 9.11. The molecule has 4 nitrogen and oxygen atoms in total. The summed E-state index contributed by atoms with van der Waals surface area (Å²) in [5.41, 5.74) is 0.533. The third kappa shape index (κ3) is 4.28. The van der Waals surface area contributed by atoms with Crippen molar-refractivity contribution in [2.24, 2.45) is 0 Å². The van der Waals surface area contributed by atoms with Gasteiger partial charge in [-0.25, -0.2) is 4.98 Å². The van der Waals surface area contributed by atoms with Crippen molar-refractivity contribution in [3.8, 4) is 0 Å². The van der Waals surface area contributed by atoms with E-state index in [1.54, 1.807) is 18.3 Å². The Hall–Kier alpha value is -0.940. The summed E-state index contributed by atoms with van der Waals surface area (Å²) in [4.78, 5) is 15.6. The zero-order valence-corrected chi connectivity index (χ0v) is 10.7. The Kier molecular flexibility index (Phi) is 5.42. The van der Waals surface area contributed by atoms with Gasteiger partial charge in [-0.2, -0.15) is 0 Å². The molecule has 0 aliphatic heterocycles. The molecule has 0 saturated carbocycles. The van der Waals surface area contributed by atoms with Crippen molar-refractivity contribution in [2.45, 2.75) is 25.9 Å². The summed E-state index contributed by atoms with van der Waals surface area (Å²) in [6.07, 6.45) is 2.68. The molecule has 5 heteroatoms. The summed E-state index contributed by atoms with van der Waals surface area (Å²) in [5.74, 6) is -0.196. The standard InChI is InChI=1S/C11H15BrN2O2/c1-2-3-9(15)7-14-11(16)8-4-5-13-10(12)6-8/h4-6,9,15H,2-3,7H2,1H3,(H,14,16). The third-order valence-electron chi connectivity index (χ3n) is 2.11. The first-order valence-electron chi connectivity index (χ1n) is 5.21. The van der Waals surface area contributed by atoms with Gasteiger partial charge in [0.25, 0.3) is 5.91 Å². The molecule has 0 aliphatic rings. The van der Waals surface area contributed by atoms with Gasteiger partial charge in [0.05, 0.1) is 6.10 Å². The summed E-state index contributed by atoms with van der Waals surface area (Å²) >= 11 is 3.19. The van der Waals surface area contributed by atoms with E-state index < -0.39 is 6.10 Å². The number of aliphatic hydroxyl groups is 1. The Labute approximate surface area is 103 Å². The molecule has 16 heavy (non-hydrogen) atoms. The molecule has 0 fully saturated rings. The van der Waals surface area contributed by atoms with E-state index in [4.69, 9.17) is 0 Å². The van der Waals surface area contributed by atoms with E-state index >= 15 is 0 Å². The first kappa shape index (κ1) is 13.1. The van der Waals surface area contributed by atoms with Gasteiger partial charge in [-0.15, -0.1) is 0 Å². The predicted octanol–water partition coefficient (Wildman–Crippen LogP) is 1.73. The van der Waals surface area contributed by atoms with Crippen molar-refractivity contribution in [2.75, 3.05) is 6.54 Å². The van der Waals surface area contributed by atoms with Crippen LogP contribution < -0.4 is 5.32 Å². The maximum Gasteiger partial charge on any atom is 0.251 e. The number of amides is 1. The molecule has 0 saturated heterocycles. The van der Waals surface area contributed by atoms with Crippen LogP contribution in [-0.2, 0) is 0 Å². The van der Waals surface area contributed by atoms with Crippen molar-refractivity contribution in [1.29, 1.82) is 0 Å². The molecule has 2 N–H and O–H groups in total. The van der Waals surface area contributed by atoms with Crippen LogP contribution in [0.3, 0.4) is 0 Å². The van der Waals surface area contributed by atoms with Crippen molar-refractivity contribution in [1.82, 2.24) is 10.3 Å². The molecule has 1 unspecified atom stereocenters. The predicted molar refractivity (Wildman–Crippen MR) is 65.2 cm³/mol. The Morgan fingerprint density at radius 3 is 3.06 bits per heavy atom. The van der Waals surface area contributed by atoms with Crippen molar-refractivity contribution < 1.29 is 9.90 Å². The fourth-order valence-corrected chi connectivity index (χ4v) is 1.66. The lowest BCUT2D eigenvalue weighted by molar-refractivity contribution is 0.0910. The minimum Gasteiger partial charge on any atom is -0.391 e. The minimum atomic E-state index is -0.473. The Balaban J connectivity index is 2.47. The molecule has 0 radical (unpaired) electrons. The van der Waals surface area contributed by atoms with Crippen LogP contribution in [0, 0.1) is 0 Å². The number of nitrogens with zero attached hydrogens (tertiary/aromatic N) is 1. The number of aromatic nitrogens is 1. The summed E-state index contributed by atoms with van der Waals surface area (Å²) < 4.78 is 0.620. The lowest BCUT2D eigenvalue weighted by Gasteiger charge is -2.10. The average molecular weight is 287 g/mol. The quantitative estimate of drug-likeness (QED) is 0.811. The highest BCUT2D eigenvalue weighted by molar-refractivity contribution is 9.10. The van der Waals surface area contributed by atoms with Gasteiger partial charge >= 0.3 is 0 Å². The number of aliphatic hydroxyl groups excluding tert-OH is 1. The van der Waals surface area contributed by atoms with Crippen LogP contribution in [0.1, 0.15) is 30.1 Å². The van der Waals surface area contributed by atoms with Crippen LogP contribution in [-0.4, -0.2) is 28.6 Å². The van der Waals surface area contributed by atoms with Crippen molar-refractivity contribution >= 4 is 21.8 Å². The topological polar surface area (TPSA) is 62.2 Å². The Bertz CT molecular complexity index is 358. The van der Waals surface area contributed by atoms with E-state index in [0.29, 0.717) is 16.6 Å². The normalized spacial score (nSPS) is 12.2. The minimum absolute atomic E-state index is 0.196. The van der Waals surface area contributed by atoms with E-state index in [9.17, 15) is 9.90 Å². The van der Waals surface area contributed by atoms with Crippen LogP contribution >= 0.6 is 15.9 Å². The molecule has 1 heterocycles. The van der Waals surface area contributed by atoms with E-state index in [0.717, 1.165) is 6.42 Å². The number of rotatable bonds is 5. The fourth-order valence-electron chi connectivity index (χ4n) is 1.29. The summed E-state index contributed by atoms with van der Waals surface area (Å²) in [7, 11) is 0. The van der Waals surface area contributed by atoms with Crippen LogP contribution in [0.2, 0.25) is 0 Å². The van der Waals surface area contributed by atoms with Gasteiger partial charge in [0.2, 0.25) is 0 Å². The first-order chi connectivity index (χ1) is 7.63. The number of halogens is 1. The molecule has 1 aromatic rings. The fraction of sp³-hybridized carbons (Fsp3) is 0.455. The molecular formula is C11H15BrN2O2. The molecule has 0 spiro atoms. The number of nitrogens with one attached hydrogen (secondary N) is 1. The van der Waals surface area contributed by atoms with E-state index in [1.165, 1.54) is 0 Å². The lowest BCUT2D eigenvalue weighted by atomic mass is 10.2. The van der Waals surface area contributed by atoms with Crippen LogP contribution in [0.4, 0.5) is 0 Å². The van der Waals surface area contributed by atoms with E-state index in [1.807, 2.05) is 6.92 Å². The highest BCUT2D eigenvalue weighted by atomic mass is 79.9. The molecule has 1 aromatic heterocycles. The van der Waals surface area contributed by atoms with E-state index in [2.05, 4.69) is 26.2 Å². The maximum atomic E-state index is 11.6. The molecule has 1 atom stereocenters. The van der Waals surface area contributed by atoms with Gasteiger partial charge < -0.3 is 10.4 Å². The van der Waals surface area contributed by atoms with Crippen molar-refractivity contribution in [3.05, 3.63) is 28.5 Å². The molecular weight excluding hydrogens is 272 g/mol. The number of hydrogen-bond donors (Lipinski definition) is 2. The summed E-state index contributed by atoms with van der Waals surface area (Å²) in [6.45, 7) is 2.28. The average Bonchev–Trinajstić information content (AvgIpc) is 2.26. The molecule has 1 rings (SSSR count). The Morgan fingerprint density at radius 1 is 1.69 bits per heavy atom. The molecule has 1 amide bonds. The van der Waals surface area contributed by atoms with Crippen molar-refractivity contribution in [3.63, 3.8) is 0 Å². The zero-order chi connectivity index (χ0) is 12.0. The molecule has 88 valence electrons. The van der Waals surface area contributed by atoms with Gasteiger partial charge in [0.15, 0.2) is 0 Å². The summed E-state index contributed by atoms with van der Waals surface area (Å²) in [6, 6.07) is 3.27. The second-order valence-electron chi connectivity index (χ2n) is 3.52. The van der Waals surface area contributed by atoms with Gasteiger partial charge in [-0.1, -0.05) is 13.3 Å². The molecule has 0 aromatic carbocycles. The number of pyridine rings is 1. The Morgan fingerprint density at radius 2 is 2.44 bits per heavy atom. The maximum absolute atomic E-state index is 11.6. The highest BCUT2D eigenvalue weighted by Gasteiger charge is 2.08. The van der Waals surface area contributed by atoms with Gasteiger partial charge in [0.1, 0.15) is 4.60 Å². The SMILES string of the molecule is CCCC(O)CNC(=O)c1ccnc(Br)c1. The second kappa shape index (κ2) is 6.60. The number of carbonyl (C=O) groups excluding carboxylic acids is 1.